The number of ketones is 1. The van der Waals surface area contributed by atoms with E-state index in [9.17, 15) is 4.79 Å². The van der Waals surface area contributed by atoms with Crippen LogP contribution in [0.25, 0.3) is 0 Å². The van der Waals surface area contributed by atoms with E-state index in [1.807, 2.05) is 49.4 Å². The molecule has 0 aliphatic heterocycles. The Labute approximate surface area is 107 Å². The van der Waals surface area contributed by atoms with Crippen molar-refractivity contribution in [3.63, 3.8) is 0 Å². The molecule has 18 heavy (non-hydrogen) atoms. The van der Waals surface area contributed by atoms with Gasteiger partial charge < -0.3 is 4.74 Å². The van der Waals surface area contributed by atoms with Gasteiger partial charge in [-0.05, 0) is 25.5 Å². The van der Waals surface area contributed by atoms with E-state index < -0.39 is 6.10 Å². The van der Waals surface area contributed by atoms with Gasteiger partial charge in [-0.1, -0.05) is 48.5 Å². The number of carbonyl (C=O) groups excluding carboxylic acids is 1. The zero-order chi connectivity index (χ0) is 13.0. The Kier molecular flexibility index (Phi) is 3.78. The first-order valence-corrected chi connectivity index (χ1v) is 6.00. The standard InChI is InChI=1S/C16H16O2/c1-12-8-6-7-11-15(12)18-13(2)16(17)14-9-4-3-5-10-14/h3-11,13H,1-2H3. The first-order valence-electron chi connectivity index (χ1n) is 6.00. The van der Waals surface area contributed by atoms with Crippen molar-refractivity contribution in [3.8, 4) is 5.75 Å². The smallest absolute Gasteiger partial charge is 0.202 e. The Morgan fingerprint density at radius 3 is 2.28 bits per heavy atom. The number of aryl methyl sites for hydroxylation is 1. The molecule has 1 atom stereocenters. The van der Waals surface area contributed by atoms with Gasteiger partial charge in [-0.2, -0.15) is 0 Å². The predicted molar refractivity (Wildman–Crippen MR) is 72.0 cm³/mol. The SMILES string of the molecule is Cc1ccccc1OC(C)C(=O)c1ccccc1. The molecule has 0 saturated heterocycles. The molecule has 0 aromatic heterocycles. The minimum atomic E-state index is -0.478. The van der Waals surface area contributed by atoms with Crippen molar-refractivity contribution in [2.75, 3.05) is 0 Å². The van der Waals surface area contributed by atoms with E-state index in [2.05, 4.69) is 0 Å². The molecule has 0 heterocycles. The maximum absolute atomic E-state index is 12.1. The number of carbonyl (C=O) groups is 1. The lowest BCUT2D eigenvalue weighted by molar-refractivity contribution is 0.0817. The summed E-state index contributed by atoms with van der Waals surface area (Å²) in [7, 11) is 0. The summed E-state index contributed by atoms with van der Waals surface area (Å²) in [4.78, 5) is 12.1. The summed E-state index contributed by atoms with van der Waals surface area (Å²) in [6.07, 6.45) is -0.478. The summed E-state index contributed by atoms with van der Waals surface area (Å²) >= 11 is 0. The van der Waals surface area contributed by atoms with Crippen molar-refractivity contribution in [2.45, 2.75) is 20.0 Å². The number of Topliss-reactive ketones (excluding diaryl/α,β-unsaturated/α-hetero) is 1. The lowest BCUT2D eigenvalue weighted by Gasteiger charge is -2.15. The minimum absolute atomic E-state index is 0.00106. The van der Waals surface area contributed by atoms with Crippen molar-refractivity contribution >= 4 is 5.78 Å². The maximum Gasteiger partial charge on any atom is 0.202 e. The first-order chi connectivity index (χ1) is 8.68. The van der Waals surface area contributed by atoms with Gasteiger partial charge in [0.2, 0.25) is 5.78 Å². The van der Waals surface area contributed by atoms with Crippen LogP contribution in [0.1, 0.15) is 22.8 Å². The van der Waals surface area contributed by atoms with Crippen molar-refractivity contribution < 1.29 is 9.53 Å². The zero-order valence-electron chi connectivity index (χ0n) is 10.6. The highest BCUT2D eigenvalue weighted by atomic mass is 16.5. The highest BCUT2D eigenvalue weighted by Crippen LogP contribution is 2.19. The lowest BCUT2D eigenvalue weighted by Crippen LogP contribution is -2.24. The van der Waals surface area contributed by atoms with Gasteiger partial charge in [-0.25, -0.2) is 0 Å². The Morgan fingerprint density at radius 1 is 1.00 bits per heavy atom. The van der Waals surface area contributed by atoms with Crippen molar-refractivity contribution in [1.82, 2.24) is 0 Å². The molecule has 0 spiro atoms. The second kappa shape index (κ2) is 5.50. The quantitative estimate of drug-likeness (QED) is 0.762. The summed E-state index contributed by atoms with van der Waals surface area (Å²) in [6.45, 7) is 3.75. The average molecular weight is 240 g/mol. The Balaban J connectivity index is 2.11. The number of benzene rings is 2. The number of rotatable bonds is 4. The summed E-state index contributed by atoms with van der Waals surface area (Å²) in [5, 5.41) is 0. The second-order valence-electron chi connectivity index (χ2n) is 4.26. The van der Waals surface area contributed by atoms with Crippen molar-refractivity contribution in [1.29, 1.82) is 0 Å². The molecule has 0 aliphatic carbocycles. The minimum Gasteiger partial charge on any atom is -0.482 e. The van der Waals surface area contributed by atoms with E-state index in [-0.39, 0.29) is 5.78 Å². The highest BCUT2D eigenvalue weighted by Gasteiger charge is 2.16. The zero-order valence-corrected chi connectivity index (χ0v) is 10.6. The van der Waals surface area contributed by atoms with Crippen LogP contribution in [0.15, 0.2) is 54.6 Å². The fourth-order valence-corrected chi connectivity index (χ4v) is 1.77. The normalized spacial score (nSPS) is 11.9. The van der Waals surface area contributed by atoms with Gasteiger partial charge in [0, 0.05) is 5.56 Å². The molecular weight excluding hydrogens is 224 g/mol. The molecule has 0 saturated carbocycles. The summed E-state index contributed by atoms with van der Waals surface area (Å²) in [5.74, 6) is 0.758. The van der Waals surface area contributed by atoms with Gasteiger partial charge >= 0.3 is 0 Å². The van der Waals surface area contributed by atoms with Crippen LogP contribution in [-0.4, -0.2) is 11.9 Å². The molecule has 0 aliphatic rings. The molecule has 1 unspecified atom stereocenters. The molecule has 0 radical (unpaired) electrons. The monoisotopic (exact) mass is 240 g/mol. The molecule has 2 aromatic carbocycles. The molecule has 0 amide bonds. The fraction of sp³-hybridized carbons (Fsp3) is 0.188. The molecule has 0 fully saturated rings. The van der Waals surface area contributed by atoms with Crippen LogP contribution in [-0.2, 0) is 0 Å². The molecule has 0 N–H and O–H groups in total. The second-order valence-corrected chi connectivity index (χ2v) is 4.26. The number of ether oxygens (including phenoxy) is 1. The van der Waals surface area contributed by atoms with Crippen molar-refractivity contribution in [3.05, 3.63) is 65.7 Å². The first kappa shape index (κ1) is 12.4. The van der Waals surface area contributed by atoms with Gasteiger partial charge in [-0.15, -0.1) is 0 Å². The third kappa shape index (κ3) is 2.77. The third-order valence-electron chi connectivity index (χ3n) is 2.82. The van der Waals surface area contributed by atoms with Gasteiger partial charge in [0.15, 0.2) is 6.10 Å². The number of hydrogen-bond donors (Lipinski definition) is 0. The molecule has 2 nitrogen and oxygen atoms in total. The van der Waals surface area contributed by atoms with Crippen LogP contribution < -0.4 is 4.74 Å². The number of para-hydroxylation sites is 1. The van der Waals surface area contributed by atoms with Crippen molar-refractivity contribution in [2.24, 2.45) is 0 Å². The molecule has 2 heteroatoms. The highest BCUT2D eigenvalue weighted by molar-refractivity contribution is 5.99. The van der Waals surface area contributed by atoms with E-state index in [0.29, 0.717) is 5.56 Å². The Hall–Kier alpha value is -2.09. The van der Waals surface area contributed by atoms with Crippen LogP contribution in [0.2, 0.25) is 0 Å². The van der Waals surface area contributed by atoms with E-state index in [1.165, 1.54) is 0 Å². The van der Waals surface area contributed by atoms with Gasteiger partial charge in [-0.3, -0.25) is 4.79 Å². The van der Waals surface area contributed by atoms with Crippen LogP contribution in [0.3, 0.4) is 0 Å². The van der Waals surface area contributed by atoms with Crippen LogP contribution in [0.5, 0.6) is 5.75 Å². The van der Waals surface area contributed by atoms with E-state index in [1.54, 1.807) is 19.1 Å². The molecule has 92 valence electrons. The maximum atomic E-state index is 12.1. The molecule has 2 rings (SSSR count). The topological polar surface area (TPSA) is 26.3 Å². The van der Waals surface area contributed by atoms with Crippen LogP contribution in [0, 0.1) is 6.92 Å². The van der Waals surface area contributed by atoms with Gasteiger partial charge in [0.1, 0.15) is 5.75 Å². The third-order valence-corrected chi connectivity index (χ3v) is 2.82. The van der Waals surface area contributed by atoms with Crippen LogP contribution in [0.4, 0.5) is 0 Å². The van der Waals surface area contributed by atoms with E-state index in [4.69, 9.17) is 4.74 Å². The molecular formula is C16H16O2. The summed E-state index contributed by atoms with van der Waals surface area (Å²) in [6, 6.07) is 16.9. The Morgan fingerprint density at radius 2 is 1.61 bits per heavy atom. The van der Waals surface area contributed by atoms with Gasteiger partial charge in [0.25, 0.3) is 0 Å². The Bertz CT molecular complexity index is 532. The van der Waals surface area contributed by atoms with E-state index >= 15 is 0 Å². The summed E-state index contributed by atoms with van der Waals surface area (Å²) < 4.78 is 5.71. The molecule has 0 bridgehead atoms. The summed E-state index contributed by atoms with van der Waals surface area (Å²) in [5.41, 5.74) is 1.71. The largest absolute Gasteiger partial charge is 0.482 e. The molecule has 2 aromatic rings. The average Bonchev–Trinajstić information content (AvgIpc) is 2.41. The van der Waals surface area contributed by atoms with E-state index in [0.717, 1.165) is 11.3 Å². The lowest BCUT2D eigenvalue weighted by atomic mass is 10.1. The number of hydrogen-bond acceptors (Lipinski definition) is 2. The van der Waals surface area contributed by atoms with Gasteiger partial charge in [0.05, 0.1) is 0 Å². The predicted octanol–water partition coefficient (Wildman–Crippen LogP) is 3.65. The van der Waals surface area contributed by atoms with Crippen LogP contribution >= 0.6 is 0 Å². The fourth-order valence-electron chi connectivity index (χ4n) is 1.77.